The van der Waals surface area contributed by atoms with Crippen molar-refractivity contribution in [2.75, 3.05) is 0 Å². The fourth-order valence-electron chi connectivity index (χ4n) is 8.21. The summed E-state index contributed by atoms with van der Waals surface area (Å²) >= 11 is 0. The average molecular weight is 1080 g/mol. The van der Waals surface area contributed by atoms with Crippen molar-refractivity contribution in [3.63, 3.8) is 0 Å². The summed E-state index contributed by atoms with van der Waals surface area (Å²) in [6.45, 7) is 0.919. The van der Waals surface area contributed by atoms with Crippen LogP contribution in [0.15, 0.2) is 146 Å². The van der Waals surface area contributed by atoms with Crippen molar-refractivity contribution >= 4 is 38.9 Å². The number of halogens is 24. The Labute approximate surface area is 400 Å². The van der Waals surface area contributed by atoms with Gasteiger partial charge < -0.3 is 0 Å². The van der Waals surface area contributed by atoms with Crippen LogP contribution in [0.2, 0.25) is 0 Å². The third-order valence-corrected chi connectivity index (χ3v) is 11.4. The second kappa shape index (κ2) is 19.4. The Morgan fingerprint density at radius 2 is 0.527 bits per heavy atom. The molecule has 0 amide bonds. The molecule has 7 rings (SSSR count). The normalized spacial score (nSPS) is 13.5. The van der Waals surface area contributed by atoms with E-state index in [9.17, 15) is 105 Å². The fraction of sp³-hybridized carbons (Fsp3) is 0.188. The quantitative estimate of drug-likeness (QED) is 0.0888. The number of hydrogen-bond acceptors (Lipinski definition) is 0. The van der Waals surface area contributed by atoms with Crippen LogP contribution in [0.25, 0.3) is 10.9 Å². The summed E-state index contributed by atoms with van der Waals surface area (Å²) in [6.07, 6.45) is -52.7. The average Bonchev–Trinajstić information content (AvgIpc) is 3.27. The van der Waals surface area contributed by atoms with E-state index in [1.54, 1.807) is 0 Å². The van der Waals surface area contributed by atoms with Crippen LogP contribution in [0.5, 0.6) is 0 Å². The number of para-hydroxylation sites is 1. The lowest BCUT2D eigenvalue weighted by atomic mass is 9.12. The molecule has 0 saturated carbocycles. The van der Waals surface area contributed by atoms with E-state index in [1.165, 1.54) is 16.5 Å². The van der Waals surface area contributed by atoms with E-state index >= 15 is 0 Å². The monoisotopic (exact) mass is 1080 g/mol. The highest BCUT2D eigenvalue weighted by Gasteiger charge is 2.47. The molecule has 0 radical (unpaired) electrons. The summed E-state index contributed by atoms with van der Waals surface area (Å²) < 4.78 is 343. The van der Waals surface area contributed by atoms with Gasteiger partial charge in [0.25, 0.3) is 0 Å². The molecule has 26 heteroatoms. The summed E-state index contributed by atoms with van der Waals surface area (Å²) in [6, 6.07) is 14.5. The van der Waals surface area contributed by atoms with Gasteiger partial charge in [0.1, 0.15) is 6.15 Å². The fourth-order valence-corrected chi connectivity index (χ4v) is 8.21. The highest BCUT2D eigenvalue weighted by atomic mass is 19.4. The molecule has 1 nitrogen and oxygen atoms in total. The van der Waals surface area contributed by atoms with Gasteiger partial charge in [-0.15, -0.1) is 0 Å². The Morgan fingerprint density at radius 3 is 0.797 bits per heavy atom. The van der Waals surface area contributed by atoms with E-state index in [2.05, 4.69) is 77.5 Å². The first-order chi connectivity index (χ1) is 33.7. The van der Waals surface area contributed by atoms with E-state index < -0.39 is 195 Å². The van der Waals surface area contributed by atoms with Crippen molar-refractivity contribution in [1.82, 2.24) is 0 Å². The molecule has 0 fully saturated rings. The predicted octanol–water partition coefficient (Wildman–Crippen LogP) is 14.4. The van der Waals surface area contributed by atoms with Gasteiger partial charge >= 0.3 is 49.4 Å². The number of hydrogen-bond donors (Lipinski definition) is 0. The van der Waals surface area contributed by atoms with E-state index in [-0.39, 0.29) is 0 Å². The molecule has 1 heterocycles. The molecule has 0 bridgehead atoms. The maximum Gasteiger partial charge on any atom is 0.416 e. The maximum absolute atomic E-state index is 14.2. The summed E-state index contributed by atoms with van der Waals surface area (Å²) in [7, 11) is 0. The van der Waals surface area contributed by atoms with Gasteiger partial charge in [-0.05, 0) is 36.4 Å². The molecule has 0 aliphatic carbocycles. The highest BCUT2D eigenvalue weighted by molar-refractivity contribution is 7.20. The predicted molar refractivity (Wildman–Crippen MR) is 220 cm³/mol. The third-order valence-electron chi connectivity index (χ3n) is 11.4. The Morgan fingerprint density at radius 1 is 0.284 bits per heavy atom. The Kier molecular flexibility index (Phi) is 14.8. The third kappa shape index (κ3) is 12.5. The molecule has 0 unspecified atom stereocenters. The zero-order chi connectivity index (χ0) is 55.4. The first kappa shape index (κ1) is 56.4. The van der Waals surface area contributed by atoms with Crippen molar-refractivity contribution in [3.8, 4) is 0 Å². The maximum atomic E-state index is 14.2. The minimum atomic E-state index is -6.13. The first-order valence-corrected chi connectivity index (χ1v) is 20.5. The van der Waals surface area contributed by atoms with Gasteiger partial charge in [0, 0.05) is 23.1 Å². The molecule has 394 valence electrons. The van der Waals surface area contributed by atoms with Crippen LogP contribution in [-0.4, -0.2) is 6.15 Å². The molecule has 0 spiro atoms. The summed E-state index contributed by atoms with van der Waals surface area (Å²) in [5, 5.41) is 1.28. The van der Waals surface area contributed by atoms with Crippen LogP contribution in [0.4, 0.5) is 105 Å². The second-order valence-corrected chi connectivity index (χ2v) is 16.4. The van der Waals surface area contributed by atoms with Crippen LogP contribution in [0, 0.1) is 0 Å². The smallest absolute Gasteiger partial charge is 0.194 e. The highest BCUT2D eigenvalue weighted by Crippen LogP contribution is 2.41. The molecule has 1 aromatic heterocycles. The number of pyridine rings is 1. The number of rotatable bonds is 6. The number of alkyl halides is 24. The van der Waals surface area contributed by atoms with Crippen LogP contribution < -0.4 is 26.4 Å². The molecule has 74 heavy (non-hydrogen) atoms. The van der Waals surface area contributed by atoms with Crippen molar-refractivity contribution in [1.29, 1.82) is 0 Å². The Bertz CT molecular complexity index is 2690. The number of nitrogens with zero attached hydrogens (tertiary/aromatic N) is 1. The van der Waals surface area contributed by atoms with E-state index in [1.807, 2.05) is 0 Å². The lowest BCUT2D eigenvalue weighted by molar-refractivity contribution is -0.662. The van der Waals surface area contributed by atoms with Crippen LogP contribution in [0.3, 0.4) is 0 Å². The van der Waals surface area contributed by atoms with Crippen molar-refractivity contribution < 1.29 is 110 Å². The molecular weight excluding hydrogens is 1060 g/mol. The lowest BCUT2D eigenvalue weighted by Crippen LogP contribution is -2.75. The van der Waals surface area contributed by atoms with Crippen molar-refractivity contribution in [3.05, 3.63) is 196 Å². The van der Waals surface area contributed by atoms with Crippen LogP contribution in [0.1, 0.15) is 50.1 Å². The van der Waals surface area contributed by atoms with Crippen LogP contribution in [-0.2, 0) is 56.0 Å². The van der Waals surface area contributed by atoms with Gasteiger partial charge in [-0.2, -0.15) is 132 Å². The van der Waals surface area contributed by atoms with Crippen LogP contribution >= 0.6 is 0 Å². The summed E-state index contributed by atoms with van der Waals surface area (Å²) in [5.74, 6) is 0. The van der Waals surface area contributed by atoms with Gasteiger partial charge in [-0.3, -0.25) is 0 Å². The number of benzene rings is 6. The van der Waals surface area contributed by atoms with Gasteiger partial charge in [0.2, 0.25) is 5.52 Å². The molecule has 0 atom stereocenters. The van der Waals surface area contributed by atoms with Gasteiger partial charge in [0.15, 0.2) is 12.7 Å². The number of aromatic nitrogens is 1. The zero-order valence-corrected chi connectivity index (χ0v) is 36.2. The minimum Gasteiger partial charge on any atom is -0.194 e. The SMILES string of the molecule is FC(F)(F)c1cc([B-](c2cc(C(F)(F)F)cc(C(F)(F)F)c2)(c2cc(C(F)(F)F)cc(C(F)(F)F)c2)c2cc(C(F)(F)F)cc(C(F)(F)F)c2)cc(C(F)(F)F)c1.c1ccc(C[n+]2cccc3ccccc32)cc1. The molecule has 0 N–H and O–H groups in total. The zero-order valence-electron chi connectivity index (χ0n) is 36.2. The molecule has 0 saturated heterocycles. The topological polar surface area (TPSA) is 3.88 Å². The lowest BCUT2D eigenvalue weighted by Gasteiger charge is -2.46. The second-order valence-electron chi connectivity index (χ2n) is 16.4. The molecule has 6 aromatic carbocycles. The van der Waals surface area contributed by atoms with Gasteiger partial charge in [0.05, 0.1) is 44.5 Å². The molecule has 0 aliphatic rings. The van der Waals surface area contributed by atoms with E-state index in [0.29, 0.717) is 0 Å². The molecule has 7 aromatic rings. The largest absolute Gasteiger partial charge is 0.416 e. The standard InChI is InChI=1S/C32H12BF24.C16H14N/c34-25(35,36)13-1-14(26(37,38)39)6-21(5-13)33(22-7-15(27(40,41)42)2-16(8-22)28(43,44)45,23-9-17(29(46,47)48)3-18(10-23)30(49,50)51)24-11-19(31(52,53)54)4-20(12-24)32(55,56)57;1-2-7-14(8-3-1)13-17-12-6-10-15-9-4-5-11-16(15)17/h1-12H;1-12H,13H2/q-1;+1. The van der Waals surface area contributed by atoms with E-state index in [4.69, 9.17) is 0 Å². The van der Waals surface area contributed by atoms with Gasteiger partial charge in [-0.1, -0.05) is 91.0 Å². The van der Waals surface area contributed by atoms with Crippen molar-refractivity contribution in [2.45, 2.75) is 56.0 Å². The summed E-state index contributed by atoms with van der Waals surface area (Å²) in [5.41, 5.74) is -27.6. The van der Waals surface area contributed by atoms with Gasteiger partial charge in [-0.25, -0.2) is 0 Å². The molecule has 0 aliphatic heterocycles. The summed E-state index contributed by atoms with van der Waals surface area (Å²) in [4.78, 5) is 0. The Hall–Kier alpha value is -6.89. The Balaban J connectivity index is 0.000000436. The number of fused-ring (bicyclic) bond motifs is 1. The first-order valence-electron chi connectivity index (χ1n) is 20.5. The van der Waals surface area contributed by atoms with E-state index in [0.717, 1.165) is 6.54 Å². The van der Waals surface area contributed by atoms with Crippen molar-refractivity contribution in [2.24, 2.45) is 0 Å². The minimum absolute atomic E-state index is 0.691. The molecular formula is C48H26BF24N.